The van der Waals surface area contributed by atoms with Crippen LogP contribution in [0.5, 0.6) is 23.0 Å². The van der Waals surface area contributed by atoms with Crippen LogP contribution in [0.15, 0.2) is 79.1 Å². The molecule has 1 aromatic heterocycles. The van der Waals surface area contributed by atoms with Gasteiger partial charge in [0, 0.05) is 24.2 Å². The zero-order chi connectivity index (χ0) is 22.6. The topological polar surface area (TPSA) is 55.1 Å². The highest BCUT2D eigenvalue weighted by Gasteiger charge is 2.35. The lowest BCUT2D eigenvalue weighted by Gasteiger charge is -2.16. The average molecular weight is 434 g/mol. The normalized spacial score (nSPS) is 11.2. The van der Waals surface area contributed by atoms with Gasteiger partial charge in [-0.2, -0.15) is 18.4 Å². The van der Waals surface area contributed by atoms with Crippen molar-refractivity contribution in [3.05, 3.63) is 90.3 Å². The molecule has 3 aromatic carbocycles. The molecule has 4 aromatic rings. The van der Waals surface area contributed by atoms with Crippen molar-refractivity contribution in [3.63, 3.8) is 0 Å². The second-order valence-corrected chi connectivity index (χ2v) is 7.02. The first-order chi connectivity index (χ1) is 15.4. The highest BCUT2D eigenvalue weighted by atomic mass is 19.4. The second-order valence-electron chi connectivity index (χ2n) is 7.02. The molecule has 0 fully saturated rings. The van der Waals surface area contributed by atoms with Gasteiger partial charge < -0.3 is 9.47 Å². The van der Waals surface area contributed by atoms with Gasteiger partial charge >= 0.3 is 6.18 Å². The van der Waals surface area contributed by atoms with E-state index in [4.69, 9.17) is 14.7 Å². The van der Waals surface area contributed by atoms with Crippen molar-refractivity contribution >= 4 is 10.8 Å². The minimum atomic E-state index is -4.65. The quantitative estimate of drug-likeness (QED) is 0.320. The van der Waals surface area contributed by atoms with Crippen LogP contribution >= 0.6 is 0 Å². The molecule has 4 rings (SSSR count). The number of benzene rings is 3. The number of halogens is 3. The van der Waals surface area contributed by atoms with Crippen molar-refractivity contribution < 1.29 is 22.6 Å². The van der Waals surface area contributed by atoms with E-state index in [0.717, 1.165) is 17.0 Å². The fourth-order valence-corrected chi connectivity index (χ4v) is 3.28. The van der Waals surface area contributed by atoms with E-state index in [1.807, 2.05) is 12.1 Å². The molecule has 0 aliphatic heterocycles. The molecule has 0 unspecified atom stereocenters. The number of nitriles is 1. The predicted octanol–water partition coefficient (Wildman–Crippen LogP) is 7.29. The summed E-state index contributed by atoms with van der Waals surface area (Å²) in [5.74, 6) is 0.369. The van der Waals surface area contributed by atoms with Gasteiger partial charge in [0.2, 0.25) is 0 Å². The van der Waals surface area contributed by atoms with E-state index in [0.29, 0.717) is 24.0 Å². The van der Waals surface area contributed by atoms with Gasteiger partial charge in [-0.25, -0.2) is 0 Å². The molecule has 0 saturated carbocycles. The zero-order valence-electron chi connectivity index (χ0n) is 16.8. The van der Waals surface area contributed by atoms with Crippen molar-refractivity contribution in [2.45, 2.75) is 19.0 Å². The van der Waals surface area contributed by atoms with Crippen LogP contribution in [-0.2, 0) is 12.6 Å². The maximum absolute atomic E-state index is 13.8. The van der Waals surface area contributed by atoms with Gasteiger partial charge in [0.1, 0.15) is 28.6 Å². The summed E-state index contributed by atoms with van der Waals surface area (Å²) in [6.45, 7) is 0. The number of hydrogen-bond donors (Lipinski definition) is 0. The lowest BCUT2D eigenvalue weighted by molar-refractivity contribution is -0.138. The molecule has 0 radical (unpaired) electrons. The van der Waals surface area contributed by atoms with E-state index in [9.17, 15) is 13.2 Å². The Bertz CT molecular complexity index is 1290. The summed E-state index contributed by atoms with van der Waals surface area (Å²) >= 11 is 0. The molecular formula is C25H17F3N2O2. The smallest absolute Gasteiger partial charge is 0.420 e. The minimum Gasteiger partial charge on any atom is -0.457 e. The van der Waals surface area contributed by atoms with Gasteiger partial charge in [-0.15, -0.1) is 0 Å². The van der Waals surface area contributed by atoms with E-state index >= 15 is 0 Å². The number of aryl methyl sites for hydroxylation is 1. The van der Waals surface area contributed by atoms with Gasteiger partial charge in [0.15, 0.2) is 0 Å². The SMILES string of the molecule is N#CCCc1cccc(Oc2ccc(Oc3cccc4ccncc34)cc2C(F)(F)F)c1. The van der Waals surface area contributed by atoms with Crippen molar-refractivity contribution in [1.29, 1.82) is 5.26 Å². The van der Waals surface area contributed by atoms with Crippen LogP contribution in [0.25, 0.3) is 10.8 Å². The van der Waals surface area contributed by atoms with E-state index in [1.165, 1.54) is 12.1 Å². The zero-order valence-corrected chi connectivity index (χ0v) is 16.8. The van der Waals surface area contributed by atoms with Crippen molar-refractivity contribution in [3.8, 4) is 29.1 Å². The summed E-state index contributed by atoms with van der Waals surface area (Å²) in [4.78, 5) is 4.06. The van der Waals surface area contributed by atoms with Crippen LogP contribution in [0.4, 0.5) is 13.2 Å². The standard InChI is InChI=1S/C25H17F3N2O2/c26-25(27,28)22-15-20(31-23-8-2-6-18-11-13-30-16-21(18)23)9-10-24(22)32-19-7-1-4-17(14-19)5-3-12-29/h1-2,4,6-11,13-16H,3,5H2. The fourth-order valence-electron chi connectivity index (χ4n) is 3.28. The fraction of sp³-hybridized carbons (Fsp3) is 0.120. The van der Waals surface area contributed by atoms with E-state index in [-0.39, 0.29) is 17.2 Å². The summed E-state index contributed by atoms with van der Waals surface area (Å²) in [7, 11) is 0. The lowest BCUT2D eigenvalue weighted by Crippen LogP contribution is -2.07. The third-order valence-electron chi connectivity index (χ3n) is 4.78. The number of aromatic nitrogens is 1. The van der Waals surface area contributed by atoms with Gasteiger partial charge in [-0.3, -0.25) is 4.98 Å². The Morgan fingerprint density at radius 1 is 0.875 bits per heavy atom. The Balaban J connectivity index is 1.65. The van der Waals surface area contributed by atoms with Crippen LogP contribution in [0.2, 0.25) is 0 Å². The van der Waals surface area contributed by atoms with Crippen molar-refractivity contribution in [2.24, 2.45) is 0 Å². The third-order valence-corrected chi connectivity index (χ3v) is 4.78. The molecule has 4 nitrogen and oxygen atoms in total. The van der Waals surface area contributed by atoms with Gasteiger partial charge in [0.05, 0.1) is 6.07 Å². The molecule has 0 bridgehead atoms. The number of fused-ring (bicyclic) bond motifs is 1. The van der Waals surface area contributed by atoms with Crippen LogP contribution in [0, 0.1) is 11.3 Å². The van der Waals surface area contributed by atoms with Gasteiger partial charge in [-0.05, 0) is 59.8 Å². The van der Waals surface area contributed by atoms with Gasteiger partial charge in [0.25, 0.3) is 0 Å². The molecule has 0 spiro atoms. The summed E-state index contributed by atoms with van der Waals surface area (Å²) in [6, 6.07) is 19.4. The Morgan fingerprint density at radius 2 is 1.66 bits per heavy atom. The summed E-state index contributed by atoms with van der Waals surface area (Å²) in [5.41, 5.74) is -0.141. The molecule has 0 N–H and O–H groups in total. The molecule has 1 heterocycles. The van der Waals surface area contributed by atoms with Crippen LogP contribution in [-0.4, -0.2) is 4.98 Å². The first-order valence-corrected chi connectivity index (χ1v) is 9.79. The lowest BCUT2D eigenvalue weighted by atomic mass is 10.1. The van der Waals surface area contributed by atoms with Crippen molar-refractivity contribution in [1.82, 2.24) is 4.98 Å². The number of rotatable bonds is 6. The number of ether oxygens (including phenoxy) is 2. The number of hydrogen-bond acceptors (Lipinski definition) is 4. The molecule has 0 aliphatic rings. The third kappa shape index (κ3) is 4.81. The minimum absolute atomic E-state index is 0.0313. The van der Waals surface area contributed by atoms with Crippen LogP contribution < -0.4 is 9.47 Å². The van der Waals surface area contributed by atoms with E-state index in [2.05, 4.69) is 4.98 Å². The average Bonchev–Trinajstić information content (AvgIpc) is 2.78. The predicted molar refractivity (Wildman–Crippen MR) is 114 cm³/mol. The largest absolute Gasteiger partial charge is 0.457 e. The van der Waals surface area contributed by atoms with Gasteiger partial charge in [-0.1, -0.05) is 24.3 Å². The number of pyridine rings is 1. The first kappa shape index (κ1) is 21.2. The Labute approximate surface area is 182 Å². The molecule has 0 saturated heterocycles. The molecule has 32 heavy (non-hydrogen) atoms. The van der Waals surface area contributed by atoms with Crippen LogP contribution in [0.1, 0.15) is 17.5 Å². The highest BCUT2D eigenvalue weighted by Crippen LogP contribution is 2.41. The molecule has 160 valence electrons. The maximum Gasteiger partial charge on any atom is 0.420 e. The first-order valence-electron chi connectivity index (χ1n) is 9.79. The molecule has 0 aliphatic carbocycles. The summed E-state index contributed by atoms with van der Waals surface area (Å²) in [6.07, 6.45) is -0.603. The summed E-state index contributed by atoms with van der Waals surface area (Å²) < 4.78 is 52.7. The number of alkyl halides is 3. The second kappa shape index (κ2) is 8.98. The summed E-state index contributed by atoms with van der Waals surface area (Å²) in [5, 5.41) is 10.3. The highest BCUT2D eigenvalue weighted by molar-refractivity contribution is 5.87. The Hall–Kier alpha value is -4.05. The Morgan fingerprint density at radius 3 is 2.47 bits per heavy atom. The van der Waals surface area contributed by atoms with E-state index < -0.39 is 11.7 Å². The Kier molecular flexibility index (Phi) is 5.95. The molecule has 0 amide bonds. The maximum atomic E-state index is 13.8. The molecule has 0 atom stereocenters. The molecule has 7 heteroatoms. The molecular weight excluding hydrogens is 417 g/mol. The monoisotopic (exact) mass is 434 g/mol. The van der Waals surface area contributed by atoms with E-state index in [1.54, 1.807) is 54.9 Å². The van der Waals surface area contributed by atoms with Crippen molar-refractivity contribution in [2.75, 3.05) is 0 Å². The van der Waals surface area contributed by atoms with Crippen LogP contribution in [0.3, 0.4) is 0 Å². The number of nitrogens with zero attached hydrogens (tertiary/aromatic N) is 2.